The molecule has 3 nitrogen and oxygen atoms in total. The Morgan fingerprint density at radius 3 is 2.86 bits per heavy atom. The molecular weight excluding hydrogens is 198 g/mol. The Labute approximate surface area is 87.5 Å². The van der Waals surface area contributed by atoms with E-state index in [0.29, 0.717) is 0 Å². The third kappa shape index (κ3) is 1.38. The molecule has 1 atom stereocenters. The topological polar surface area (TPSA) is 37.4 Å². The minimum Gasteiger partial charge on any atom is -0.276 e. The molecule has 2 aliphatic heterocycles. The highest BCUT2D eigenvalue weighted by Gasteiger charge is 2.39. The number of carbonyl (C=O) groups excluding carboxylic acids is 2. The third-order valence-electron chi connectivity index (χ3n) is 2.57. The molecule has 2 rings (SSSR count). The first-order valence-corrected chi connectivity index (χ1v) is 5.81. The van der Waals surface area contributed by atoms with Gasteiger partial charge >= 0.3 is 0 Å². The molecule has 14 heavy (non-hydrogen) atoms. The standard InChI is InChI=1S/C10H13NO2S/c1-6(2)11-9(12)5-8-7(10(11)13)3-4-14-8/h5-7H,3-4H2,1-2H3. The van der Waals surface area contributed by atoms with Crippen LogP contribution in [0, 0.1) is 5.92 Å². The van der Waals surface area contributed by atoms with Crippen LogP contribution < -0.4 is 0 Å². The summed E-state index contributed by atoms with van der Waals surface area (Å²) in [7, 11) is 0. The molecule has 1 unspecified atom stereocenters. The molecular formula is C10H13NO2S. The van der Waals surface area contributed by atoms with E-state index in [2.05, 4.69) is 0 Å². The minimum atomic E-state index is -0.148. The summed E-state index contributed by atoms with van der Waals surface area (Å²) in [6.07, 6.45) is 2.51. The zero-order chi connectivity index (χ0) is 10.3. The molecule has 0 aromatic heterocycles. The number of thioether (sulfide) groups is 1. The van der Waals surface area contributed by atoms with Gasteiger partial charge in [-0.25, -0.2) is 0 Å². The summed E-state index contributed by atoms with van der Waals surface area (Å²) in [5.41, 5.74) is 0. The zero-order valence-corrected chi connectivity index (χ0v) is 9.13. The Hall–Kier alpha value is -0.770. The molecule has 2 heterocycles. The van der Waals surface area contributed by atoms with E-state index in [4.69, 9.17) is 0 Å². The first kappa shape index (κ1) is 9.77. The van der Waals surface area contributed by atoms with Crippen LogP contribution in [0.4, 0.5) is 0 Å². The van der Waals surface area contributed by atoms with Crippen LogP contribution in [-0.4, -0.2) is 28.5 Å². The molecule has 0 aromatic rings. The summed E-state index contributed by atoms with van der Waals surface area (Å²) in [5, 5.41) is 0. The Morgan fingerprint density at radius 2 is 2.21 bits per heavy atom. The summed E-state index contributed by atoms with van der Waals surface area (Å²) < 4.78 is 0. The van der Waals surface area contributed by atoms with Gasteiger partial charge in [-0.15, -0.1) is 11.8 Å². The second-order valence-electron chi connectivity index (χ2n) is 3.88. The molecule has 2 aliphatic rings. The van der Waals surface area contributed by atoms with Gasteiger partial charge in [-0.05, 0) is 26.0 Å². The first-order chi connectivity index (χ1) is 6.61. The average molecular weight is 211 g/mol. The van der Waals surface area contributed by atoms with Crippen molar-refractivity contribution in [3.8, 4) is 0 Å². The number of fused-ring (bicyclic) bond motifs is 1. The molecule has 0 aromatic carbocycles. The van der Waals surface area contributed by atoms with Crippen LogP contribution >= 0.6 is 11.8 Å². The van der Waals surface area contributed by atoms with Crippen LogP contribution in [0.25, 0.3) is 0 Å². The normalized spacial score (nSPS) is 26.9. The van der Waals surface area contributed by atoms with Crippen molar-refractivity contribution in [2.45, 2.75) is 26.3 Å². The fraction of sp³-hybridized carbons (Fsp3) is 0.600. The molecule has 0 N–H and O–H groups in total. The Morgan fingerprint density at radius 1 is 1.50 bits per heavy atom. The quantitative estimate of drug-likeness (QED) is 0.615. The highest BCUT2D eigenvalue weighted by molar-refractivity contribution is 8.03. The van der Waals surface area contributed by atoms with E-state index in [-0.39, 0.29) is 23.8 Å². The SMILES string of the molecule is CC(C)N1C(=O)C=C2SCCC2C1=O. The van der Waals surface area contributed by atoms with Gasteiger partial charge in [-0.3, -0.25) is 14.5 Å². The minimum absolute atomic E-state index is 0.00694. The van der Waals surface area contributed by atoms with Crippen molar-refractivity contribution in [3.05, 3.63) is 11.0 Å². The summed E-state index contributed by atoms with van der Waals surface area (Å²) >= 11 is 1.64. The van der Waals surface area contributed by atoms with Gasteiger partial charge in [0.05, 0.1) is 5.92 Å². The third-order valence-corrected chi connectivity index (χ3v) is 3.75. The zero-order valence-electron chi connectivity index (χ0n) is 8.32. The van der Waals surface area contributed by atoms with Gasteiger partial charge in [0.25, 0.3) is 5.91 Å². The van der Waals surface area contributed by atoms with Crippen molar-refractivity contribution in [3.63, 3.8) is 0 Å². The maximum Gasteiger partial charge on any atom is 0.254 e. The van der Waals surface area contributed by atoms with Gasteiger partial charge in [-0.1, -0.05) is 0 Å². The van der Waals surface area contributed by atoms with Crippen molar-refractivity contribution < 1.29 is 9.59 Å². The predicted octanol–water partition coefficient (Wildman–Crippen LogP) is 1.40. The molecule has 0 aliphatic carbocycles. The lowest BCUT2D eigenvalue weighted by molar-refractivity contribution is -0.147. The van der Waals surface area contributed by atoms with E-state index in [9.17, 15) is 9.59 Å². The first-order valence-electron chi connectivity index (χ1n) is 4.82. The van der Waals surface area contributed by atoms with Crippen LogP contribution in [-0.2, 0) is 9.59 Å². The molecule has 0 radical (unpaired) electrons. The second kappa shape index (κ2) is 3.42. The van der Waals surface area contributed by atoms with Crippen molar-refractivity contribution in [2.75, 3.05) is 5.75 Å². The lowest BCUT2D eigenvalue weighted by Crippen LogP contribution is -2.46. The Bertz CT molecular complexity index is 322. The van der Waals surface area contributed by atoms with Crippen LogP contribution in [0.5, 0.6) is 0 Å². The lowest BCUT2D eigenvalue weighted by atomic mass is 9.99. The summed E-state index contributed by atoms with van der Waals surface area (Å²) in [6.45, 7) is 3.74. The maximum atomic E-state index is 11.9. The maximum absolute atomic E-state index is 11.9. The van der Waals surface area contributed by atoms with Gasteiger partial charge in [0.15, 0.2) is 0 Å². The van der Waals surface area contributed by atoms with Crippen molar-refractivity contribution in [1.29, 1.82) is 0 Å². The smallest absolute Gasteiger partial charge is 0.254 e. The van der Waals surface area contributed by atoms with Gasteiger partial charge in [-0.2, -0.15) is 0 Å². The summed E-state index contributed by atoms with van der Waals surface area (Å²) in [4.78, 5) is 25.9. The van der Waals surface area contributed by atoms with Crippen LogP contribution in [0.15, 0.2) is 11.0 Å². The van der Waals surface area contributed by atoms with Gasteiger partial charge in [0.2, 0.25) is 5.91 Å². The fourth-order valence-electron chi connectivity index (χ4n) is 1.90. The number of nitrogens with zero attached hydrogens (tertiary/aromatic N) is 1. The molecule has 0 saturated carbocycles. The molecule has 2 amide bonds. The Balaban J connectivity index is 2.34. The number of hydrogen-bond donors (Lipinski definition) is 0. The van der Waals surface area contributed by atoms with Gasteiger partial charge in [0, 0.05) is 17.0 Å². The summed E-state index contributed by atoms with van der Waals surface area (Å²) in [6, 6.07) is -0.0293. The second-order valence-corrected chi connectivity index (χ2v) is 5.04. The highest BCUT2D eigenvalue weighted by atomic mass is 32.2. The van der Waals surface area contributed by atoms with E-state index < -0.39 is 0 Å². The molecule has 0 bridgehead atoms. The number of amides is 2. The monoisotopic (exact) mass is 211 g/mol. The van der Waals surface area contributed by atoms with E-state index in [0.717, 1.165) is 17.1 Å². The average Bonchev–Trinajstić information content (AvgIpc) is 2.50. The number of imide groups is 1. The van der Waals surface area contributed by atoms with E-state index in [1.807, 2.05) is 13.8 Å². The van der Waals surface area contributed by atoms with E-state index >= 15 is 0 Å². The number of rotatable bonds is 1. The van der Waals surface area contributed by atoms with Crippen molar-refractivity contribution >= 4 is 23.6 Å². The lowest BCUT2D eigenvalue weighted by Gasteiger charge is -2.30. The van der Waals surface area contributed by atoms with Crippen molar-refractivity contribution in [1.82, 2.24) is 4.90 Å². The number of hydrogen-bond acceptors (Lipinski definition) is 3. The molecule has 4 heteroatoms. The van der Waals surface area contributed by atoms with Gasteiger partial charge < -0.3 is 0 Å². The summed E-state index contributed by atoms with van der Waals surface area (Å²) in [5.74, 6) is 0.778. The molecule has 0 spiro atoms. The van der Waals surface area contributed by atoms with E-state index in [1.54, 1.807) is 17.8 Å². The molecule has 76 valence electrons. The molecule has 1 saturated heterocycles. The van der Waals surface area contributed by atoms with Crippen LogP contribution in [0.3, 0.4) is 0 Å². The number of carbonyl (C=O) groups is 2. The highest BCUT2D eigenvalue weighted by Crippen LogP contribution is 2.40. The van der Waals surface area contributed by atoms with Crippen molar-refractivity contribution in [2.24, 2.45) is 5.92 Å². The largest absolute Gasteiger partial charge is 0.276 e. The van der Waals surface area contributed by atoms with Gasteiger partial charge in [0.1, 0.15) is 0 Å². The van der Waals surface area contributed by atoms with E-state index in [1.165, 1.54) is 4.90 Å². The van der Waals surface area contributed by atoms with Crippen LogP contribution in [0.1, 0.15) is 20.3 Å². The fourth-order valence-corrected chi connectivity index (χ4v) is 3.09. The van der Waals surface area contributed by atoms with Crippen LogP contribution in [0.2, 0.25) is 0 Å². The molecule has 1 fully saturated rings. The predicted molar refractivity (Wildman–Crippen MR) is 55.6 cm³/mol. The Kier molecular flexibility index (Phi) is 2.39.